The van der Waals surface area contributed by atoms with E-state index in [2.05, 4.69) is 0 Å². The highest BCUT2D eigenvalue weighted by Gasteiger charge is 2.24. The molecule has 0 aromatic heterocycles. The molecule has 19 heavy (non-hydrogen) atoms. The number of piperazine rings is 1. The molecule has 1 fully saturated rings. The van der Waals surface area contributed by atoms with Gasteiger partial charge in [0.25, 0.3) is 5.91 Å². The van der Waals surface area contributed by atoms with Crippen LogP contribution in [-0.4, -0.2) is 52.9 Å². The van der Waals surface area contributed by atoms with Crippen molar-refractivity contribution in [1.82, 2.24) is 9.80 Å². The fourth-order valence-electron chi connectivity index (χ4n) is 2.07. The molecule has 5 nitrogen and oxygen atoms in total. The number of hydrogen-bond donors (Lipinski definition) is 1. The maximum Gasteiger partial charge on any atom is 0.255 e. The van der Waals surface area contributed by atoms with Crippen molar-refractivity contribution >= 4 is 23.4 Å². The van der Waals surface area contributed by atoms with E-state index in [1.807, 2.05) is 0 Å². The van der Waals surface area contributed by atoms with Gasteiger partial charge in [0, 0.05) is 33.1 Å². The van der Waals surface area contributed by atoms with Crippen LogP contribution in [0.25, 0.3) is 0 Å². The quantitative estimate of drug-likeness (QED) is 0.846. The maximum absolute atomic E-state index is 12.3. The molecule has 6 heteroatoms. The molecule has 2 amide bonds. The third kappa shape index (κ3) is 2.98. The Labute approximate surface area is 116 Å². The van der Waals surface area contributed by atoms with Gasteiger partial charge in [-0.3, -0.25) is 9.59 Å². The van der Waals surface area contributed by atoms with Gasteiger partial charge in [0.2, 0.25) is 5.91 Å². The summed E-state index contributed by atoms with van der Waals surface area (Å²) in [7, 11) is 0. The molecule has 0 unspecified atom stereocenters. The van der Waals surface area contributed by atoms with Crippen molar-refractivity contribution in [3.8, 4) is 5.75 Å². The van der Waals surface area contributed by atoms with Crippen molar-refractivity contribution in [3.63, 3.8) is 0 Å². The monoisotopic (exact) mass is 282 g/mol. The second kappa shape index (κ2) is 5.48. The van der Waals surface area contributed by atoms with Crippen LogP contribution in [0.2, 0.25) is 5.02 Å². The maximum atomic E-state index is 12.3. The molecule has 102 valence electrons. The summed E-state index contributed by atoms with van der Waals surface area (Å²) in [5, 5.41) is 9.73. The van der Waals surface area contributed by atoms with Crippen molar-refractivity contribution in [1.29, 1.82) is 0 Å². The summed E-state index contributed by atoms with van der Waals surface area (Å²) in [6.45, 7) is 3.52. The van der Waals surface area contributed by atoms with Gasteiger partial charge in [-0.15, -0.1) is 0 Å². The molecule has 1 heterocycles. The van der Waals surface area contributed by atoms with E-state index in [1.165, 1.54) is 25.1 Å². The molecule has 1 saturated heterocycles. The normalized spacial score (nSPS) is 15.5. The van der Waals surface area contributed by atoms with Crippen molar-refractivity contribution in [2.75, 3.05) is 26.2 Å². The Kier molecular flexibility index (Phi) is 3.95. The van der Waals surface area contributed by atoms with E-state index < -0.39 is 0 Å². The zero-order valence-electron chi connectivity index (χ0n) is 10.6. The zero-order chi connectivity index (χ0) is 14.0. The zero-order valence-corrected chi connectivity index (χ0v) is 11.4. The molecule has 0 atom stereocenters. The lowest BCUT2D eigenvalue weighted by Gasteiger charge is -2.34. The highest BCUT2D eigenvalue weighted by Crippen LogP contribution is 2.23. The predicted molar refractivity (Wildman–Crippen MR) is 71.3 cm³/mol. The minimum Gasteiger partial charge on any atom is -0.508 e. The Morgan fingerprint density at radius 3 is 2.32 bits per heavy atom. The van der Waals surface area contributed by atoms with E-state index in [1.54, 1.807) is 9.80 Å². The number of carbonyl (C=O) groups excluding carboxylic acids is 2. The number of halogens is 1. The van der Waals surface area contributed by atoms with Crippen LogP contribution in [0, 0.1) is 0 Å². The molecule has 1 aliphatic rings. The molecule has 1 N–H and O–H groups in total. The van der Waals surface area contributed by atoms with Crippen LogP contribution >= 0.6 is 11.6 Å². The molecule has 2 rings (SSSR count). The number of aromatic hydroxyl groups is 1. The first-order chi connectivity index (χ1) is 8.99. The van der Waals surface area contributed by atoms with Crippen LogP contribution in [0.1, 0.15) is 17.3 Å². The Hall–Kier alpha value is -1.75. The number of phenols is 1. The van der Waals surface area contributed by atoms with Crippen molar-refractivity contribution in [2.24, 2.45) is 0 Å². The fourth-order valence-corrected chi connectivity index (χ4v) is 2.27. The molecule has 1 aromatic rings. The number of phenolic OH excluding ortho intramolecular Hbond substituents is 1. The van der Waals surface area contributed by atoms with E-state index in [0.29, 0.717) is 31.2 Å². The van der Waals surface area contributed by atoms with Gasteiger partial charge in [0.1, 0.15) is 5.75 Å². The van der Waals surface area contributed by atoms with Crippen LogP contribution < -0.4 is 0 Å². The van der Waals surface area contributed by atoms with Crippen LogP contribution in [0.15, 0.2) is 18.2 Å². The number of hydrogen-bond acceptors (Lipinski definition) is 3. The van der Waals surface area contributed by atoms with Gasteiger partial charge in [-0.2, -0.15) is 0 Å². The topological polar surface area (TPSA) is 60.9 Å². The average Bonchev–Trinajstić information content (AvgIpc) is 2.41. The van der Waals surface area contributed by atoms with Gasteiger partial charge in [-0.25, -0.2) is 0 Å². The third-order valence-electron chi connectivity index (χ3n) is 3.19. The average molecular weight is 283 g/mol. The van der Waals surface area contributed by atoms with Gasteiger partial charge in [0.15, 0.2) is 0 Å². The highest BCUT2D eigenvalue weighted by atomic mass is 35.5. The minimum atomic E-state index is -0.218. The summed E-state index contributed by atoms with van der Waals surface area (Å²) in [6, 6.07) is 4.30. The minimum absolute atomic E-state index is 0.00937. The van der Waals surface area contributed by atoms with Crippen molar-refractivity contribution in [3.05, 3.63) is 28.8 Å². The van der Waals surface area contributed by atoms with Gasteiger partial charge in [-0.1, -0.05) is 11.6 Å². The third-order valence-corrected chi connectivity index (χ3v) is 3.52. The molecule has 0 spiro atoms. The Bertz CT molecular complexity index is 511. The van der Waals surface area contributed by atoms with Crippen LogP contribution in [-0.2, 0) is 4.79 Å². The lowest BCUT2D eigenvalue weighted by molar-refractivity contribution is -0.130. The number of nitrogens with zero attached hydrogens (tertiary/aromatic N) is 2. The van der Waals surface area contributed by atoms with Gasteiger partial charge < -0.3 is 14.9 Å². The summed E-state index contributed by atoms with van der Waals surface area (Å²) < 4.78 is 0. The largest absolute Gasteiger partial charge is 0.508 e. The Morgan fingerprint density at radius 1 is 1.16 bits per heavy atom. The first kappa shape index (κ1) is 13.7. The van der Waals surface area contributed by atoms with Crippen molar-refractivity contribution in [2.45, 2.75) is 6.92 Å². The lowest BCUT2D eigenvalue weighted by Crippen LogP contribution is -2.50. The van der Waals surface area contributed by atoms with Gasteiger partial charge in [0.05, 0.1) is 10.6 Å². The van der Waals surface area contributed by atoms with E-state index in [0.717, 1.165) is 0 Å². The van der Waals surface area contributed by atoms with E-state index >= 15 is 0 Å². The summed E-state index contributed by atoms with van der Waals surface area (Å²) in [4.78, 5) is 26.8. The van der Waals surface area contributed by atoms with Crippen LogP contribution in [0.4, 0.5) is 0 Å². The van der Waals surface area contributed by atoms with E-state index in [9.17, 15) is 14.7 Å². The summed E-state index contributed by atoms with van der Waals surface area (Å²) in [5.74, 6) is -0.193. The van der Waals surface area contributed by atoms with Gasteiger partial charge in [-0.05, 0) is 18.2 Å². The Morgan fingerprint density at radius 2 is 1.74 bits per heavy atom. The fraction of sp³-hybridized carbons (Fsp3) is 0.385. The molecule has 1 aromatic carbocycles. The summed E-state index contributed by atoms with van der Waals surface area (Å²) in [5.41, 5.74) is 0.290. The predicted octanol–water partition coefficient (Wildman–Crippen LogP) is 1.35. The SMILES string of the molecule is CC(=O)N1CCN(C(=O)c2cc(O)ccc2Cl)CC1. The molecule has 0 radical (unpaired) electrons. The second-order valence-electron chi connectivity index (χ2n) is 4.46. The smallest absolute Gasteiger partial charge is 0.255 e. The standard InChI is InChI=1S/C13H15ClN2O3/c1-9(17)15-4-6-16(7-5-15)13(19)11-8-10(18)2-3-12(11)14/h2-3,8,18H,4-7H2,1H3. The van der Waals surface area contributed by atoms with Crippen LogP contribution in [0.5, 0.6) is 5.75 Å². The molecule has 0 aliphatic carbocycles. The first-order valence-corrected chi connectivity index (χ1v) is 6.40. The highest BCUT2D eigenvalue weighted by molar-refractivity contribution is 6.33. The molecule has 1 aliphatic heterocycles. The number of rotatable bonds is 1. The lowest BCUT2D eigenvalue weighted by atomic mass is 10.1. The molecular weight excluding hydrogens is 268 g/mol. The number of benzene rings is 1. The first-order valence-electron chi connectivity index (χ1n) is 6.02. The molecule has 0 saturated carbocycles. The number of carbonyl (C=O) groups is 2. The summed E-state index contributed by atoms with van der Waals surface area (Å²) in [6.07, 6.45) is 0. The van der Waals surface area contributed by atoms with E-state index in [-0.39, 0.29) is 23.1 Å². The summed E-state index contributed by atoms with van der Waals surface area (Å²) >= 11 is 5.97. The van der Waals surface area contributed by atoms with Gasteiger partial charge >= 0.3 is 0 Å². The number of amides is 2. The molecule has 0 bridgehead atoms. The molecular formula is C13H15ClN2O3. The Balaban J connectivity index is 2.09. The van der Waals surface area contributed by atoms with Crippen molar-refractivity contribution < 1.29 is 14.7 Å². The van der Waals surface area contributed by atoms with E-state index in [4.69, 9.17) is 11.6 Å². The second-order valence-corrected chi connectivity index (χ2v) is 4.87. The van der Waals surface area contributed by atoms with Crippen LogP contribution in [0.3, 0.4) is 0 Å².